The standard InChI is InChI=1S/C28H56/c1-4-7-10-13-15-17-20-26-23-24-27(21-18-12-9-6-3)28(25-26)22-19-16-14-11-8-5-2/h26-28H,4-25H2,1-3H3. The van der Waals surface area contributed by atoms with Crippen LogP contribution in [0.25, 0.3) is 0 Å². The number of hydrogen-bond donors (Lipinski definition) is 0. The molecule has 0 aliphatic heterocycles. The van der Waals surface area contributed by atoms with Crippen LogP contribution in [-0.2, 0) is 0 Å². The molecule has 168 valence electrons. The molecule has 0 nitrogen and oxygen atoms in total. The van der Waals surface area contributed by atoms with Gasteiger partial charge in [-0.05, 0) is 30.6 Å². The average molecular weight is 393 g/mol. The third-order valence-electron chi connectivity index (χ3n) is 7.57. The Morgan fingerprint density at radius 2 is 0.857 bits per heavy atom. The maximum Gasteiger partial charge on any atom is -0.0383 e. The predicted molar refractivity (Wildman–Crippen MR) is 129 cm³/mol. The van der Waals surface area contributed by atoms with Crippen molar-refractivity contribution >= 4 is 0 Å². The summed E-state index contributed by atoms with van der Waals surface area (Å²) in [7, 11) is 0. The minimum atomic E-state index is 1.07. The molecule has 3 atom stereocenters. The summed E-state index contributed by atoms with van der Waals surface area (Å²) in [5.74, 6) is 3.23. The molecule has 0 spiro atoms. The Kier molecular flexibility index (Phi) is 17.7. The highest BCUT2D eigenvalue weighted by atomic mass is 14.3. The van der Waals surface area contributed by atoms with Crippen LogP contribution in [0.1, 0.15) is 162 Å². The first-order valence-electron chi connectivity index (χ1n) is 13.8. The fourth-order valence-corrected chi connectivity index (χ4v) is 5.65. The van der Waals surface area contributed by atoms with Crippen molar-refractivity contribution in [2.75, 3.05) is 0 Å². The summed E-state index contributed by atoms with van der Waals surface area (Å²) in [5.41, 5.74) is 0. The zero-order valence-corrected chi connectivity index (χ0v) is 20.3. The average Bonchev–Trinajstić information content (AvgIpc) is 2.71. The lowest BCUT2D eigenvalue weighted by molar-refractivity contribution is 0.147. The maximum atomic E-state index is 2.34. The Morgan fingerprint density at radius 3 is 1.43 bits per heavy atom. The van der Waals surface area contributed by atoms with Crippen LogP contribution >= 0.6 is 0 Å². The van der Waals surface area contributed by atoms with Gasteiger partial charge in [0.1, 0.15) is 0 Å². The van der Waals surface area contributed by atoms with Gasteiger partial charge in [0, 0.05) is 0 Å². The molecule has 1 aliphatic carbocycles. The summed E-state index contributed by atoms with van der Waals surface area (Å²) in [4.78, 5) is 0. The molecule has 0 amide bonds. The lowest BCUT2D eigenvalue weighted by atomic mass is 9.69. The Labute approximate surface area is 180 Å². The number of rotatable bonds is 19. The molecular formula is C28H56. The van der Waals surface area contributed by atoms with Crippen LogP contribution in [0.3, 0.4) is 0 Å². The second kappa shape index (κ2) is 19.0. The lowest BCUT2D eigenvalue weighted by Gasteiger charge is -2.37. The SMILES string of the molecule is CCCCCCCCC1CCC(CCCCCC)C(CCCCCCCC)C1. The van der Waals surface area contributed by atoms with E-state index >= 15 is 0 Å². The van der Waals surface area contributed by atoms with E-state index in [2.05, 4.69) is 20.8 Å². The van der Waals surface area contributed by atoms with E-state index in [1.54, 1.807) is 38.5 Å². The lowest BCUT2D eigenvalue weighted by Crippen LogP contribution is -2.25. The molecule has 28 heavy (non-hydrogen) atoms. The van der Waals surface area contributed by atoms with E-state index in [1.807, 2.05) is 0 Å². The molecule has 0 aromatic heterocycles. The fraction of sp³-hybridized carbons (Fsp3) is 1.00. The molecule has 3 unspecified atom stereocenters. The van der Waals surface area contributed by atoms with Crippen LogP contribution < -0.4 is 0 Å². The first-order valence-corrected chi connectivity index (χ1v) is 13.8. The van der Waals surface area contributed by atoms with Crippen molar-refractivity contribution in [3.63, 3.8) is 0 Å². The molecule has 1 rings (SSSR count). The van der Waals surface area contributed by atoms with Gasteiger partial charge in [-0.3, -0.25) is 0 Å². The van der Waals surface area contributed by atoms with Gasteiger partial charge < -0.3 is 0 Å². The first kappa shape index (κ1) is 26.0. The minimum absolute atomic E-state index is 1.07. The predicted octanol–water partition coefficient (Wildman–Crippen LogP) is 10.5. The van der Waals surface area contributed by atoms with Gasteiger partial charge in [0.05, 0.1) is 0 Å². The summed E-state index contributed by atoms with van der Waals surface area (Å²) in [6.07, 6.45) is 32.8. The second-order valence-corrected chi connectivity index (χ2v) is 10.2. The molecule has 0 bridgehead atoms. The van der Waals surface area contributed by atoms with Gasteiger partial charge in [0.25, 0.3) is 0 Å². The topological polar surface area (TPSA) is 0 Å². The van der Waals surface area contributed by atoms with Gasteiger partial charge in [-0.2, -0.15) is 0 Å². The van der Waals surface area contributed by atoms with Crippen LogP contribution in [0.2, 0.25) is 0 Å². The Balaban J connectivity index is 2.29. The first-order chi connectivity index (χ1) is 13.8. The van der Waals surface area contributed by atoms with Crippen LogP contribution in [0, 0.1) is 17.8 Å². The van der Waals surface area contributed by atoms with E-state index in [1.165, 1.54) is 103 Å². The Bertz CT molecular complexity index is 307. The van der Waals surface area contributed by atoms with E-state index in [0.29, 0.717) is 0 Å². The van der Waals surface area contributed by atoms with Crippen molar-refractivity contribution in [1.29, 1.82) is 0 Å². The highest BCUT2D eigenvalue weighted by molar-refractivity contribution is 4.80. The maximum absolute atomic E-state index is 2.34. The molecule has 1 saturated carbocycles. The molecule has 0 heteroatoms. The van der Waals surface area contributed by atoms with Crippen LogP contribution in [0.5, 0.6) is 0 Å². The molecule has 0 aromatic carbocycles. The third kappa shape index (κ3) is 13.3. The van der Waals surface area contributed by atoms with Gasteiger partial charge in [-0.25, -0.2) is 0 Å². The minimum Gasteiger partial charge on any atom is -0.0654 e. The normalized spacial score (nSPS) is 22.6. The van der Waals surface area contributed by atoms with Crippen molar-refractivity contribution in [3.8, 4) is 0 Å². The third-order valence-corrected chi connectivity index (χ3v) is 7.57. The summed E-state index contributed by atoms with van der Waals surface area (Å²) in [6, 6.07) is 0. The van der Waals surface area contributed by atoms with Gasteiger partial charge in [-0.1, -0.05) is 149 Å². The van der Waals surface area contributed by atoms with Gasteiger partial charge in [0.2, 0.25) is 0 Å². The van der Waals surface area contributed by atoms with Crippen molar-refractivity contribution < 1.29 is 0 Å². The van der Waals surface area contributed by atoms with E-state index in [-0.39, 0.29) is 0 Å². The van der Waals surface area contributed by atoms with Crippen LogP contribution in [0.4, 0.5) is 0 Å². The van der Waals surface area contributed by atoms with Crippen molar-refractivity contribution in [1.82, 2.24) is 0 Å². The van der Waals surface area contributed by atoms with Crippen molar-refractivity contribution in [2.24, 2.45) is 17.8 Å². The van der Waals surface area contributed by atoms with Crippen molar-refractivity contribution in [3.05, 3.63) is 0 Å². The van der Waals surface area contributed by atoms with E-state index in [0.717, 1.165) is 17.8 Å². The quantitative estimate of drug-likeness (QED) is 0.192. The van der Waals surface area contributed by atoms with Crippen molar-refractivity contribution in [2.45, 2.75) is 162 Å². The Morgan fingerprint density at radius 1 is 0.429 bits per heavy atom. The molecule has 0 heterocycles. The highest BCUT2D eigenvalue weighted by Crippen LogP contribution is 2.41. The summed E-state index contributed by atoms with van der Waals surface area (Å²) in [5, 5.41) is 0. The molecule has 0 radical (unpaired) electrons. The fourth-order valence-electron chi connectivity index (χ4n) is 5.65. The second-order valence-electron chi connectivity index (χ2n) is 10.2. The number of hydrogen-bond acceptors (Lipinski definition) is 0. The number of unbranched alkanes of at least 4 members (excludes halogenated alkanes) is 13. The molecule has 0 saturated heterocycles. The molecule has 0 aromatic rings. The molecular weight excluding hydrogens is 336 g/mol. The highest BCUT2D eigenvalue weighted by Gasteiger charge is 2.29. The van der Waals surface area contributed by atoms with E-state index in [4.69, 9.17) is 0 Å². The zero-order valence-electron chi connectivity index (χ0n) is 20.3. The summed E-state index contributed by atoms with van der Waals surface area (Å²) >= 11 is 0. The van der Waals surface area contributed by atoms with E-state index < -0.39 is 0 Å². The van der Waals surface area contributed by atoms with Gasteiger partial charge in [0.15, 0.2) is 0 Å². The largest absolute Gasteiger partial charge is 0.0654 e. The summed E-state index contributed by atoms with van der Waals surface area (Å²) in [6.45, 7) is 6.99. The molecule has 0 N–H and O–H groups in total. The van der Waals surface area contributed by atoms with Gasteiger partial charge in [-0.15, -0.1) is 0 Å². The molecule has 1 fully saturated rings. The van der Waals surface area contributed by atoms with Crippen LogP contribution in [-0.4, -0.2) is 0 Å². The molecule has 1 aliphatic rings. The summed E-state index contributed by atoms with van der Waals surface area (Å²) < 4.78 is 0. The Hall–Kier alpha value is 0. The van der Waals surface area contributed by atoms with Crippen LogP contribution in [0.15, 0.2) is 0 Å². The monoisotopic (exact) mass is 392 g/mol. The zero-order chi connectivity index (χ0) is 20.3. The van der Waals surface area contributed by atoms with Gasteiger partial charge >= 0.3 is 0 Å². The van der Waals surface area contributed by atoms with E-state index in [9.17, 15) is 0 Å². The smallest absolute Gasteiger partial charge is 0.0383 e.